The summed E-state index contributed by atoms with van der Waals surface area (Å²) in [6.45, 7) is 6.17. The number of carbonyl (C=O) groups is 1. The van der Waals surface area contributed by atoms with Crippen LogP contribution in [0.15, 0.2) is 35.7 Å². The third kappa shape index (κ3) is 4.71. The fourth-order valence-electron chi connectivity index (χ4n) is 2.10. The van der Waals surface area contributed by atoms with Crippen LogP contribution < -0.4 is 15.4 Å². The number of aliphatic hydroxyl groups is 1. The van der Waals surface area contributed by atoms with Crippen molar-refractivity contribution < 1.29 is 14.6 Å². The molecule has 2 amide bonds. The lowest BCUT2D eigenvalue weighted by Crippen LogP contribution is -2.40. The first-order valence-corrected chi connectivity index (χ1v) is 8.35. The maximum atomic E-state index is 12.1. The highest BCUT2D eigenvalue weighted by atomic mass is 32.1. The number of aryl methyl sites for hydroxylation is 1. The molecule has 3 N–H and O–H groups in total. The van der Waals surface area contributed by atoms with E-state index in [0.717, 1.165) is 10.4 Å². The minimum Gasteiger partial charge on any atom is -0.492 e. The third-order valence-electron chi connectivity index (χ3n) is 3.33. The Morgan fingerprint density at radius 1 is 1.39 bits per heavy atom. The number of hydrogen-bond acceptors (Lipinski definition) is 4. The van der Waals surface area contributed by atoms with Gasteiger partial charge in [-0.05, 0) is 49.9 Å². The maximum absolute atomic E-state index is 12.1. The monoisotopic (exact) mass is 334 g/mol. The molecule has 2 rings (SSSR count). The van der Waals surface area contributed by atoms with Gasteiger partial charge in [0.1, 0.15) is 11.4 Å². The van der Waals surface area contributed by atoms with E-state index in [2.05, 4.69) is 10.6 Å². The maximum Gasteiger partial charge on any atom is 0.319 e. The molecule has 1 unspecified atom stereocenters. The number of thiophene rings is 1. The second-order valence-electron chi connectivity index (χ2n) is 5.49. The summed E-state index contributed by atoms with van der Waals surface area (Å²) in [6.07, 6.45) is 0. The number of amides is 2. The Morgan fingerprint density at radius 2 is 2.17 bits per heavy atom. The molecular formula is C17H22N2O3S. The minimum atomic E-state index is -1.10. The van der Waals surface area contributed by atoms with Crippen LogP contribution in [0.1, 0.15) is 24.3 Å². The van der Waals surface area contributed by atoms with Gasteiger partial charge >= 0.3 is 6.03 Å². The average Bonchev–Trinajstić information content (AvgIpc) is 3.04. The third-order valence-corrected chi connectivity index (χ3v) is 4.45. The normalized spacial score (nSPS) is 13.2. The van der Waals surface area contributed by atoms with Crippen molar-refractivity contribution in [1.29, 1.82) is 0 Å². The van der Waals surface area contributed by atoms with Crippen molar-refractivity contribution in [1.82, 2.24) is 5.32 Å². The van der Waals surface area contributed by atoms with Gasteiger partial charge in [0, 0.05) is 4.88 Å². The molecule has 0 saturated heterocycles. The highest BCUT2D eigenvalue weighted by Gasteiger charge is 2.25. The fourth-order valence-corrected chi connectivity index (χ4v) is 2.89. The highest BCUT2D eigenvalue weighted by molar-refractivity contribution is 7.10. The molecule has 1 aromatic carbocycles. The minimum absolute atomic E-state index is 0.120. The molecule has 2 aromatic rings. The van der Waals surface area contributed by atoms with Gasteiger partial charge in [0.25, 0.3) is 0 Å². The van der Waals surface area contributed by atoms with E-state index in [4.69, 9.17) is 4.74 Å². The highest BCUT2D eigenvalue weighted by Crippen LogP contribution is 2.26. The largest absolute Gasteiger partial charge is 0.492 e. The molecule has 0 spiro atoms. The van der Waals surface area contributed by atoms with Gasteiger partial charge < -0.3 is 20.5 Å². The summed E-state index contributed by atoms with van der Waals surface area (Å²) in [6, 6.07) is 8.91. The first kappa shape index (κ1) is 17.3. The van der Waals surface area contributed by atoms with Crippen molar-refractivity contribution in [3.8, 4) is 5.75 Å². The lowest BCUT2D eigenvalue weighted by Gasteiger charge is -2.22. The zero-order valence-electron chi connectivity index (χ0n) is 13.6. The molecule has 6 heteroatoms. The Balaban J connectivity index is 1.97. The number of anilines is 1. The number of hydrogen-bond donors (Lipinski definition) is 3. The molecule has 0 radical (unpaired) electrons. The molecule has 5 nitrogen and oxygen atoms in total. The van der Waals surface area contributed by atoms with E-state index in [9.17, 15) is 9.90 Å². The van der Waals surface area contributed by atoms with E-state index in [1.54, 1.807) is 13.0 Å². The second-order valence-corrected chi connectivity index (χ2v) is 6.44. The van der Waals surface area contributed by atoms with Crippen molar-refractivity contribution in [2.24, 2.45) is 0 Å². The molecule has 1 aromatic heterocycles. The van der Waals surface area contributed by atoms with E-state index >= 15 is 0 Å². The van der Waals surface area contributed by atoms with Crippen molar-refractivity contribution in [3.63, 3.8) is 0 Å². The van der Waals surface area contributed by atoms with Gasteiger partial charge in [-0.25, -0.2) is 4.79 Å². The molecule has 1 atom stereocenters. The van der Waals surface area contributed by atoms with Crippen LogP contribution in [-0.2, 0) is 5.60 Å². The molecular weight excluding hydrogens is 312 g/mol. The van der Waals surface area contributed by atoms with E-state index < -0.39 is 5.60 Å². The van der Waals surface area contributed by atoms with E-state index in [1.165, 1.54) is 11.3 Å². The zero-order valence-corrected chi connectivity index (χ0v) is 14.4. The molecule has 0 saturated carbocycles. The Hall–Kier alpha value is -2.05. The Morgan fingerprint density at radius 3 is 2.83 bits per heavy atom. The van der Waals surface area contributed by atoms with Crippen molar-refractivity contribution in [2.75, 3.05) is 18.5 Å². The summed E-state index contributed by atoms with van der Waals surface area (Å²) in [7, 11) is 0. The summed E-state index contributed by atoms with van der Waals surface area (Å²) in [5, 5.41) is 17.8. The second kappa shape index (κ2) is 7.48. The first-order chi connectivity index (χ1) is 10.9. The predicted molar refractivity (Wildman–Crippen MR) is 93.3 cm³/mol. The Kier molecular flexibility index (Phi) is 5.63. The van der Waals surface area contributed by atoms with Crippen LogP contribution in [0, 0.1) is 6.92 Å². The molecule has 0 aliphatic heterocycles. The van der Waals surface area contributed by atoms with Crippen molar-refractivity contribution >= 4 is 23.1 Å². The summed E-state index contributed by atoms with van der Waals surface area (Å²) < 4.78 is 5.53. The Labute approximate surface area is 140 Å². The summed E-state index contributed by atoms with van der Waals surface area (Å²) in [5.41, 5.74) is 0.562. The number of nitrogens with one attached hydrogen (secondary N) is 2. The zero-order chi connectivity index (χ0) is 16.9. The van der Waals surface area contributed by atoms with Gasteiger partial charge in [-0.1, -0.05) is 12.1 Å². The van der Waals surface area contributed by atoms with Gasteiger partial charge in [-0.15, -0.1) is 11.3 Å². The topological polar surface area (TPSA) is 70.6 Å². The van der Waals surface area contributed by atoms with Crippen LogP contribution in [0.3, 0.4) is 0 Å². The summed E-state index contributed by atoms with van der Waals surface area (Å²) >= 11 is 1.45. The SMILES string of the molecule is CCOc1cc(C)ccc1NC(=O)NCC(C)(O)c1cccs1. The lowest BCUT2D eigenvalue weighted by molar-refractivity contribution is 0.0637. The number of ether oxygens (including phenoxy) is 1. The standard InChI is InChI=1S/C17H22N2O3S/c1-4-22-14-10-12(2)7-8-13(14)19-16(20)18-11-17(3,21)15-6-5-9-23-15/h5-10,21H,4,11H2,1-3H3,(H2,18,19,20). The molecule has 1 heterocycles. The van der Waals surface area contributed by atoms with Crippen LogP contribution in [-0.4, -0.2) is 24.3 Å². The van der Waals surface area contributed by atoms with Crippen LogP contribution in [0.2, 0.25) is 0 Å². The van der Waals surface area contributed by atoms with Gasteiger partial charge in [-0.2, -0.15) is 0 Å². The van der Waals surface area contributed by atoms with Gasteiger partial charge in [0.15, 0.2) is 0 Å². The molecule has 23 heavy (non-hydrogen) atoms. The molecule has 0 fully saturated rings. The first-order valence-electron chi connectivity index (χ1n) is 7.47. The Bertz CT molecular complexity index is 654. The van der Waals surface area contributed by atoms with E-state index in [-0.39, 0.29) is 12.6 Å². The number of carbonyl (C=O) groups excluding carboxylic acids is 1. The van der Waals surface area contributed by atoms with Gasteiger partial charge in [0.05, 0.1) is 18.8 Å². The smallest absolute Gasteiger partial charge is 0.319 e. The number of benzene rings is 1. The molecule has 0 bridgehead atoms. The summed E-state index contributed by atoms with van der Waals surface area (Å²) in [4.78, 5) is 12.9. The quantitative estimate of drug-likeness (QED) is 0.757. The van der Waals surface area contributed by atoms with Crippen LogP contribution in [0.5, 0.6) is 5.75 Å². The predicted octanol–water partition coefficient (Wildman–Crippen LogP) is 3.48. The number of urea groups is 1. The van der Waals surface area contributed by atoms with E-state index in [0.29, 0.717) is 18.0 Å². The fraction of sp³-hybridized carbons (Fsp3) is 0.353. The molecule has 0 aliphatic carbocycles. The van der Waals surface area contributed by atoms with E-state index in [1.807, 2.05) is 43.5 Å². The lowest BCUT2D eigenvalue weighted by atomic mass is 10.1. The van der Waals surface area contributed by atoms with Crippen molar-refractivity contribution in [2.45, 2.75) is 26.4 Å². The number of rotatable bonds is 6. The summed E-state index contributed by atoms with van der Waals surface area (Å²) in [5.74, 6) is 0.632. The van der Waals surface area contributed by atoms with Crippen LogP contribution >= 0.6 is 11.3 Å². The molecule has 124 valence electrons. The molecule has 0 aliphatic rings. The van der Waals surface area contributed by atoms with Crippen LogP contribution in [0.25, 0.3) is 0 Å². The average molecular weight is 334 g/mol. The van der Waals surface area contributed by atoms with Gasteiger partial charge in [-0.3, -0.25) is 0 Å². The van der Waals surface area contributed by atoms with Crippen molar-refractivity contribution in [3.05, 3.63) is 46.2 Å². The van der Waals surface area contributed by atoms with Gasteiger partial charge in [0.2, 0.25) is 0 Å². The van der Waals surface area contributed by atoms with Crippen LogP contribution in [0.4, 0.5) is 10.5 Å².